The van der Waals surface area contributed by atoms with Crippen LogP contribution in [0, 0.1) is 0 Å². The Morgan fingerprint density at radius 2 is 1.88 bits per heavy atom. The van der Waals surface area contributed by atoms with E-state index >= 15 is 0 Å². The molecule has 1 rings (SSSR count). The first-order chi connectivity index (χ1) is 7.56. The van der Waals surface area contributed by atoms with Crippen LogP contribution in [0.4, 0.5) is 0 Å². The molecule has 0 N–H and O–H groups in total. The molecule has 88 valence electrons. The molecule has 5 heteroatoms. The molecule has 0 aromatic heterocycles. The number of hydrogen-bond acceptors (Lipinski definition) is 2. The minimum atomic E-state index is -1.45. The number of Topliss-reactive ketones (excluding diaryl/α,β-unsaturated/α-hetero) is 1. The molecule has 0 aliphatic heterocycles. The van der Waals surface area contributed by atoms with E-state index in [1.807, 2.05) is 6.92 Å². The van der Waals surface area contributed by atoms with Gasteiger partial charge in [0.2, 0.25) is 0 Å². The molecule has 0 amide bonds. The van der Waals surface area contributed by atoms with Gasteiger partial charge in [-0.2, -0.15) is 0 Å². The van der Waals surface area contributed by atoms with Crippen molar-refractivity contribution in [2.24, 2.45) is 0 Å². The Kier molecular flexibility index (Phi) is 5.46. The summed E-state index contributed by atoms with van der Waals surface area (Å²) < 4.78 is 11.9. The van der Waals surface area contributed by atoms with Gasteiger partial charge in [0.25, 0.3) is 0 Å². The number of rotatable bonds is 5. The van der Waals surface area contributed by atoms with E-state index < -0.39 is 10.8 Å². The van der Waals surface area contributed by atoms with Gasteiger partial charge in [0.1, 0.15) is 5.78 Å². The fraction of sp³-hybridized carbons (Fsp3) is 0.364. The van der Waals surface area contributed by atoms with Crippen LogP contribution in [-0.2, 0) is 15.6 Å². The Hall–Kier alpha value is -0.380. The van der Waals surface area contributed by atoms with Crippen LogP contribution < -0.4 is 0 Å². The van der Waals surface area contributed by atoms with Gasteiger partial charge in [-0.25, -0.2) is 0 Å². The monoisotopic (exact) mass is 278 g/mol. The van der Waals surface area contributed by atoms with Gasteiger partial charge in [-0.3, -0.25) is 9.00 Å². The zero-order valence-corrected chi connectivity index (χ0v) is 11.2. The fourth-order valence-corrected chi connectivity index (χ4v) is 3.34. The third kappa shape index (κ3) is 3.58. The first-order valence-corrected chi connectivity index (χ1v) is 6.97. The Labute approximate surface area is 107 Å². The standard InChI is InChI=1S/C11H12Cl2O2S/c1-2-4-8(14)7-16(15)11-9(12)5-3-6-10(11)13/h3,5-6H,2,4,7H2,1H3. The SMILES string of the molecule is CCCC(=O)CS(=O)c1c(Cl)cccc1Cl. The summed E-state index contributed by atoms with van der Waals surface area (Å²) in [6, 6.07) is 4.91. The van der Waals surface area contributed by atoms with Crippen LogP contribution in [0.2, 0.25) is 10.0 Å². The molecule has 1 aromatic rings. The highest BCUT2D eigenvalue weighted by Gasteiger charge is 2.15. The van der Waals surface area contributed by atoms with Crippen molar-refractivity contribution in [2.75, 3.05) is 5.75 Å². The van der Waals surface area contributed by atoms with Gasteiger partial charge in [0.05, 0.1) is 31.5 Å². The fourth-order valence-electron chi connectivity index (χ4n) is 1.27. The quantitative estimate of drug-likeness (QED) is 0.827. The molecule has 0 bridgehead atoms. The molecule has 0 fully saturated rings. The molecule has 0 saturated heterocycles. The Morgan fingerprint density at radius 1 is 1.31 bits per heavy atom. The van der Waals surface area contributed by atoms with Crippen molar-refractivity contribution < 1.29 is 9.00 Å². The van der Waals surface area contributed by atoms with Crippen molar-refractivity contribution in [1.82, 2.24) is 0 Å². The second-order valence-corrected chi connectivity index (χ2v) is 5.53. The molecule has 0 heterocycles. The smallest absolute Gasteiger partial charge is 0.145 e. The summed E-state index contributed by atoms with van der Waals surface area (Å²) in [6.45, 7) is 1.91. The lowest BCUT2D eigenvalue weighted by Crippen LogP contribution is -2.10. The van der Waals surface area contributed by atoms with E-state index in [0.29, 0.717) is 21.4 Å². The summed E-state index contributed by atoms with van der Waals surface area (Å²) >= 11 is 11.8. The van der Waals surface area contributed by atoms with E-state index in [2.05, 4.69) is 0 Å². The topological polar surface area (TPSA) is 34.1 Å². The van der Waals surface area contributed by atoms with Crippen molar-refractivity contribution >= 4 is 39.8 Å². The maximum absolute atomic E-state index is 11.9. The molecule has 1 atom stereocenters. The van der Waals surface area contributed by atoms with Crippen molar-refractivity contribution in [3.8, 4) is 0 Å². The zero-order valence-electron chi connectivity index (χ0n) is 8.83. The van der Waals surface area contributed by atoms with E-state index in [9.17, 15) is 9.00 Å². The van der Waals surface area contributed by atoms with Gasteiger partial charge in [0, 0.05) is 6.42 Å². The number of ketones is 1. The van der Waals surface area contributed by atoms with Crippen molar-refractivity contribution in [2.45, 2.75) is 24.7 Å². The van der Waals surface area contributed by atoms with Gasteiger partial charge in [-0.15, -0.1) is 0 Å². The summed E-state index contributed by atoms with van der Waals surface area (Å²) in [7, 11) is -1.45. The molecular formula is C11H12Cl2O2S. The molecule has 1 aromatic carbocycles. The van der Waals surface area contributed by atoms with E-state index in [-0.39, 0.29) is 11.5 Å². The highest BCUT2D eigenvalue weighted by Crippen LogP contribution is 2.27. The number of carbonyl (C=O) groups excluding carboxylic acids is 1. The minimum Gasteiger partial charge on any atom is -0.299 e. The number of benzene rings is 1. The summed E-state index contributed by atoms with van der Waals surface area (Å²) in [5, 5.41) is 0.685. The van der Waals surface area contributed by atoms with E-state index in [1.165, 1.54) is 0 Å². The average molecular weight is 279 g/mol. The Bertz CT molecular complexity index is 398. The van der Waals surface area contributed by atoms with Crippen LogP contribution >= 0.6 is 23.2 Å². The third-order valence-electron chi connectivity index (χ3n) is 1.97. The predicted octanol–water partition coefficient (Wildman–Crippen LogP) is 3.47. The van der Waals surface area contributed by atoms with Gasteiger partial charge in [-0.05, 0) is 18.6 Å². The molecule has 0 saturated carbocycles. The molecule has 1 unspecified atom stereocenters. The van der Waals surface area contributed by atoms with Crippen LogP contribution in [0.25, 0.3) is 0 Å². The second kappa shape index (κ2) is 6.38. The summed E-state index contributed by atoms with van der Waals surface area (Å²) in [4.78, 5) is 11.7. The van der Waals surface area contributed by atoms with Crippen molar-refractivity contribution in [3.63, 3.8) is 0 Å². The van der Waals surface area contributed by atoms with E-state index in [1.54, 1.807) is 18.2 Å². The lowest BCUT2D eigenvalue weighted by atomic mass is 10.3. The predicted molar refractivity (Wildman–Crippen MR) is 67.7 cm³/mol. The van der Waals surface area contributed by atoms with Crippen molar-refractivity contribution in [3.05, 3.63) is 28.2 Å². The van der Waals surface area contributed by atoms with Crippen LogP contribution in [0.15, 0.2) is 23.1 Å². The average Bonchev–Trinajstić information content (AvgIpc) is 2.17. The lowest BCUT2D eigenvalue weighted by Gasteiger charge is -2.05. The van der Waals surface area contributed by atoms with Crippen molar-refractivity contribution in [1.29, 1.82) is 0 Å². The maximum atomic E-state index is 11.9. The lowest BCUT2D eigenvalue weighted by molar-refractivity contribution is -0.116. The molecule has 0 spiro atoms. The van der Waals surface area contributed by atoms with E-state index in [0.717, 1.165) is 6.42 Å². The first kappa shape index (κ1) is 13.7. The number of hydrogen-bond donors (Lipinski definition) is 0. The Morgan fingerprint density at radius 3 is 2.38 bits per heavy atom. The third-order valence-corrected chi connectivity index (χ3v) is 4.30. The summed E-state index contributed by atoms with van der Waals surface area (Å²) in [6.07, 6.45) is 1.19. The zero-order chi connectivity index (χ0) is 12.1. The molecule has 0 aliphatic rings. The van der Waals surface area contributed by atoms with Gasteiger partial charge in [0.15, 0.2) is 0 Å². The normalized spacial score (nSPS) is 12.4. The van der Waals surface area contributed by atoms with Gasteiger partial charge >= 0.3 is 0 Å². The molecule has 0 radical (unpaired) electrons. The maximum Gasteiger partial charge on any atom is 0.145 e. The minimum absolute atomic E-state index is 0.0166. The highest BCUT2D eigenvalue weighted by molar-refractivity contribution is 7.86. The summed E-state index contributed by atoms with van der Waals surface area (Å²) in [5.74, 6) is -0.0473. The molecular weight excluding hydrogens is 267 g/mol. The number of halogens is 2. The van der Waals surface area contributed by atoms with Crippen LogP contribution in [0.1, 0.15) is 19.8 Å². The molecule has 16 heavy (non-hydrogen) atoms. The number of carbonyl (C=O) groups is 1. The van der Waals surface area contributed by atoms with Gasteiger partial charge in [-0.1, -0.05) is 36.2 Å². The van der Waals surface area contributed by atoms with Crippen LogP contribution in [-0.4, -0.2) is 15.7 Å². The van der Waals surface area contributed by atoms with Gasteiger partial charge < -0.3 is 0 Å². The highest BCUT2D eigenvalue weighted by atomic mass is 35.5. The summed E-state index contributed by atoms with van der Waals surface area (Å²) in [5.41, 5.74) is 0. The van der Waals surface area contributed by atoms with E-state index in [4.69, 9.17) is 23.2 Å². The van der Waals surface area contributed by atoms with Crippen LogP contribution in [0.5, 0.6) is 0 Å². The second-order valence-electron chi connectivity index (χ2n) is 3.33. The first-order valence-electron chi connectivity index (χ1n) is 4.90. The largest absolute Gasteiger partial charge is 0.299 e. The Balaban J connectivity index is 2.85. The van der Waals surface area contributed by atoms with Crippen LogP contribution in [0.3, 0.4) is 0 Å². The molecule has 0 aliphatic carbocycles. The molecule has 2 nitrogen and oxygen atoms in total.